The Kier molecular flexibility index (Phi) is 4.01. The predicted molar refractivity (Wildman–Crippen MR) is 105 cm³/mol. The Balaban J connectivity index is 1.80. The Bertz CT molecular complexity index is 1220. The molecule has 6 heteroatoms. The molecule has 6 nitrogen and oxygen atoms in total. The molecule has 1 amide bonds. The molecule has 0 aliphatic carbocycles. The van der Waals surface area contributed by atoms with Gasteiger partial charge in [-0.3, -0.25) is 19.9 Å². The number of benzene rings is 3. The zero-order chi connectivity index (χ0) is 19.0. The molecular weight excluding hydrogens is 342 g/mol. The zero-order valence-corrected chi connectivity index (χ0v) is 14.5. The highest BCUT2D eigenvalue weighted by atomic mass is 16.6. The summed E-state index contributed by atoms with van der Waals surface area (Å²) < 4.78 is 0. The van der Waals surface area contributed by atoms with E-state index in [1.807, 2.05) is 43.3 Å². The van der Waals surface area contributed by atoms with Crippen LogP contribution in [-0.4, -0.2) is 15.8 Å². The summed E-state index contributed by atoms with van der Waals surface area (Å²) in [7, 11) is 0. The number of aromatic nitrogens is 1. The number of fused-ring (bicyclic) bond motifs is 3. The van der Waals surface area contributed by atoms with Crippen molar-refractivity contribution in [2.24, 2.45) is 0 Å². The summed E-state index contributed by atoms with van der Waals surface area (Å²) in [5, 5.41) is 16.7. The minimum absolute atomic E-state index is 0.121. The Labute approximate surface area is 154 Å². The van der Waals surface area contributed by atoms with Crippen LogP contribution in [0.25, 0.3) is 21.7 Å². The van der Waals surface area contributed by atoms with E-state index in [9.17, 15) is 14.9 Å². The summed E-state index contributed by atoms with van der Waals surface area (Å²) in [4.78, 5) is 27.7. The van der Waals surface area contributed by atoms with Gasteiger partial charge in [0.05, 0.1) is 16.1 Å². The van der Waals surface area contributed by atoms with Crippen LogP contribution >= 0.6 is 0 Å². The van der Waals surface area contributed by atoms with E-state index in [0.29, 0.717) is 5.69 Å². The minimum Gasteiger partial charge on any atom is -0.321 e. The molecule has 0 saturated heterocycles. The number of anilines is 1. The van der Waals surface area contributed by atoms with Crippen molar-refractivity contribution in [1.29, 1.82) is 0 Å². The third-order valence-corrected chi connectivity index (χ3v) is 4.40. The lowest BCUT2D eigenvalue weighted by molar-refractivity contribution is -0.384. The van der Waals surface area contributed by atoms with Crippen molar-refractivity contribution < 1.29 is 9.72 Å². The van der Waals surface area contributed by atoms with Crippen molar-refractivity contribution >= 4 is 39.0 Å². The monoisotopic (exact) mass is 357 g/mol. The van der Waals surface area contributed by atoms with Gasteiger partial charge in [-0.2, -0.15) is 0 Å². The second kappa shape index (κ2) is 6.49. The van der Waals surface area contributed by atoms with E-state index in [1.54, 1.807) is 12.1 Å². The average molecular weight is 357 g/mol. The smallest absolute Gasteiger partial charge is 0.270 e. The van der Waals surface area contributed by atoms with Gasteiger partial charge in [-0.1, -0.05) is 42.5 Å². The van der Waals surface area contributed by atoms with Crippen LogP contribution < -0.4 is 5.32 Å². The topological polar surface area (TPSA) is 85.1 Å². The highest BCUT2D eigenvalue weighted by Gasteiger charge is 2.14. The summed E-state index contributed by atoms with van der Waals surface area (Å²) in [5.41, 5.74) is 2.31. The third-order valence-electron chi connectivity index (χ3n) is 4.40. The fourth-order valence-electron chi connectivity index (χ4n) is 3.15. The number of nitro benzene ring substituents is 1. The molecule has 0 aliphatic heterocycles. The van der Waals surface area contributed by atoms with Crippen molar-refractivity contribution in [3.05, 3.63) is 88.1 Å². The van der Waals surface area contributed by atoms with Crippen LogP contribution in [0.4, 0.5) is 11.4 Å². The molecule has 0 unspecified atom stereocenters. The Morgan fingerprint density at radius 1 is 1.00 bits per heavy atom. The molecule has 27 heavy (non-hydrogen) atoms. The van der Waals surface area contributed by atoms with Crippen molar-refractivity contribution in [2.45, 2.75) is 6.92 Å². The van der Waals surface area contributed by atoms with E-state index < -0.39 is 10.8 Å². The molecule has 1 aromatic heterocycles. The molecule has 1 heterocycles. The summed E-state index contributed by atoms with van der Waals surface area (Å²) in [5.74, 6) is -0.404. The molecule has 4 aromatic rings. The average Bonchev–Trinajstić information content (AvgIpc) is 2.67. The fourth-order valence-corrected chi connectivity index (χ4v) is 3.15. The number of rotatable bonds is 3. The summed E-state index contributed by atoms with van der Waals surface area (Å²) in [6.45, 7) is 1.87. The number of aryl methyl sites for hydroxylation is 1. The number of non-ortho nitro benzene ring substituents is 1. The summed E-state index contributed by atoms with van der Waals surface area (Å²) >= 11 is 0. The van der Waals surface area contributed by atoms with Crippen LogP contribution in [0.3, 0.4) is 0 Å². The molecule has 0 fully saturated rings. The van der Waals surface area contributed by atoms with Gasteiger partial charge in [-0.15, -0.1) is 0 Å². The molecule has 132 valence electrons. The third kappa shape index (κ3) is 3.08. The molecule has 0 spiro atoms. The minimum atomic E-state index is -0.519. The Morgan fingerprint density at radius 2 is 1.81 bits per heavy atom. The number of nitrogens with zero attached hydrogens (tertiary/aromatic N) is 2. The van der Waals surface area contributed by atoms with Gasteiger partial charge in [0.2, 0.25) is 0 Å². The first-order chi connectivity index (χ1) is 13.0. The SMILES string of the molecule is Cc1cc(NC(=O)c2cccc([N+](=O)[O-])c2)c2ccc3ccccc3c2n1. The molecule has 3 aromatic carbocycles. The van der Waals surface area contributed by atoms with Gasteiger partial charge in [-0.25, -0.2) is 0 Å². The van der Waals surface area contributed by atoms with Gasteiger partial charge in [0.15, 0.2) is 0 Å². The van der Waals surface area contributed by atoms with Crippen molar-refractivity contribution in [1.82, 2.24) is 4.98 Å². The van der Waals surface area contributed by atoms with E-state index in [-0.39, 0.29) is 11.3 Å². The van der Waals surface area contributed by atoms with Gasteiger partial charge in [0.25, 0.3) is 11.6 Å². The van der Waals surface area contributed by atoms with E-state index in [0.717, 1.165) is 27.4 Å². The molecule has 0 radical (unpaired) electrons. The van der Waals surface area contributed by atoms with Gasteiger partial charge in [-0.05, 0) is 24.4 Å². The van der Waals surface area contributed by atoms with E-state index in [4.69, 9.17) is 0 Å². The highest BCUT2D eigenvalue weighted by Crippen LogP contribution is 2.30. The zero-order valence-electron chi connectivity index (χ0n) is 14.5. The van der Waals surface area contributed by atoms with Crippen LogP contribution in [-0.2, 0) is 0 Å². The van der Waals surface area contributed by atoms with Crippen LogP contribution in [0.5, 0.6) is 0 Å². The van der Waals surface area contributed by atoms with Crippen LogP contribution in [0.15, 0.2) is 66.7 Å². The highest BCUT2D eigenvalue weighted by molar-refractivity contribution is 6.14. The lowest BCUT2D eigenvalue weighted by Crippen LogP contribution is -2.13. The quantitative estimate of drug-likeness (QED) is 0.322. The predicted octanol–water partition coefficient (Wildman–Crippen LogP) is 4.86. The number of amides is 1. The largest absolute Gasteiger partial charge is 0.321 e. The molecule has 1 N–H and O–H groups in total. The number of nitro groups is 1. The molecule has 0 aliphatic rings. The molecule has 0 atom stereocenters. The maximum absolute atomic E-state index is 12.7. The summed E-state index contributed by atoms with van der Waals surface area (Å²) in [6, 6.07) is 19.3. The second-order valence-electron chi connectivity index (χ2n) is 6.26. The maximum atomic E-state index is 12.7. The number of pyridine rings is 1. The number of hydrogen-bond donors (Lipinski definition) is 1. The Hall–Kier alpha value is -3.80. The van der Waals surface area contributed by atoms with Crippen LogP contribution in [0.2, 0.25) is 0 Å². The number of carbonyl (C=O) groups excluding carboxylic acids is 1. The molecule has 4 rings (SSSR count). The lowest BCUT2D eigenvalue weighted by atomic mass is 10.0. The standard InChI is InChI=1S/C21H15N3O3/c1-13-11-19(23-21(25)15-6-4-7-16(12-15)24(26)27)18-10-9-14-5-2-3-8-17(14)20(18)22-13/h2-12H,1H3,(H,22,23,25). The van der Waals surface area contributed by atoms with Crippen molar-refractivity contribution in [2.75, 3.05) is 5.32 Å². The first-order valence-electron chi connectivity index (χ1n) is 8.38. The van der Waals surface area contributed by atoms with Gasteiger partial charge in [0, 0.05) is 34.2 Å². The van der Waals surface area contributed by atoms with E-state index >= 15 is 0 Å². The number of carbonyl (C=O) groups is 1. The van der Waals surface area contributed by atoms with Gasteiger partial charge < -0.3 is 5.32 Å². The van der Waals surface area contributed by atoms with Crippen LogP contribution in [0.1, 0.15) is 16.1 Å². The molecule has 0 bridgehead atoms. The normalized spacial score (nSPS) is 10.9. The molecule has 0 saturated carbocycles. The summed E-state index contributed by atoms with van der Waals surface area (Å²) in [6.07, 6.45) is 0. The van der Waals surface area contributed by atoms with E-state index in [2.05, 4.69) is 10.3 Å². The van der Waals surface area contributed by atoms with E-state index in [1.165, 1.54) is 18.2 Å². The lowest BCUT2D eigenvalue weighted by Gasteiger charge is -2.11. The maximum Gasteiger partial charge on any atom is 0.270 e. The first-order valence-corrected chi connectivity index (χ1v) is 8.38. The van der Waals surface area contributed by atoms with Crippen molar-refractivity contribution in [3.8, 4) is 0 Å². The van der Waals surface area contributed by atoms with Gasteiger partial charge >= 0.3 is 0 Å². The number of nitrogens with one attached hydrogen (secondary N) is 1. The first kappa shape index (κ1) is 16.7. The van der Waals surface area contributed by atoms with Crippen molar-refractivity contribution in [3.63, 3.8) is 0 Å². The second-order valence-corrected chi connectivity index (χ2v) is 6.26. The van der Waals surface area contributed by atoms with Crippen LogP contribution in [0, 0.1) is 17.0 Å². The Morgan fingerprint density at radius 3 is 2.63 bits per heavy atom. The molecular formula is C21H15N3O3. The van der Waals surface area contributed by atoms with Gasteiger partial charge in [0.1, 0.15) is 0 Å². The number of hydrogen-bond acceptors (Lipinski definition) is 4. The fraction of sp³-hybridized carbons (Fsp3) is 0.0476.